The quantitative estimate of drug-likeness (QED) is 0.246. The van der Waals surface area contributed by atoms with E-state index in [-0.39, 0.29) is 23.3 Å². The summed E-state index contributed by atoms with van der Waals surface area (Å²) in [6, 6.07) is 17.1. The molecule has 1 aliphatic carbocycles. The van der Waals surface area contributed by atoms with Crippen LogP contribution in [0.4, 0.5) is 5.69 Å². The Kier molecular flexibility index (Phi) is 6.67. The topological polar surface area (TPSA) is 64.4 Å². The molecule has 2 aromatic heterocycles. The summed E-state index contributed by atoms with van der Waals surface area (Å²) in [5.74, 6) is 0.860. The summed E-state index contributed by atoms with van der Waals surface area (Å²) in [5, 5.41) is 1.25. The molecule has 0 spiro atoms. The third kappa shape index (κ3) is 4.48. The van der Waals surface area contributed by atoms with Crippen molar-refractivity contribution in [1.29, 1.82) is 0 Å². The number of hydrogen-bond donors (Lipinski definition) is 0. The van der Waals surface area contributed by atoms with Crippen molar-refractivity contribution in [1.82, 2.24) is 9.55 Å². The van der Waals surface area contributed by atoms with Gasteiger partial charge in [-0.2, -0.15) is 0 Å². The molecule has 0 N–H and O–H groups in total. The highest BCUT2D eigenvalue weighted by Crippen LogP contribution is 2.36. The van der Waals surface area contributed by atoms with Gasteiger partial charge < -0.3 is 9.64 Å². The molecule has 0 unspecified atom stereocenters. The Morgan fingerprint density at radius 2 is 1.89 bits per heavy atom. The highest BCUT2D eigenvalue weighted by molar-refractivity contribution is 7.99. The van der Waals surface area contributed by atoms with Gasteiger partial charge in [0.25, 0.3) is 5.56 Å². The largest absolute Gasteiger partial charge is 0.497 e. The first-order chi connectivity index (χ1) is 17.0. The maximum absolute atomic E-state index is 13.8. The van der Waals surface area contributed by atoms with Crippen LogP contribution in [0, 0.1) is 0 Å². The number of aryl methyl sites for hydroxylation is 2. The molecule has 0 atom stereocenters. The second-order valence-electron chi connectivity index (χ2n) is 8.75. The molecule has 8 heteroatoms. The number of amides is 1. The molecule has 35 heavy (non-hydrogen) atoms. The van der Waals surface area contributed by atoms with Crippen LogP contribution in [0.5, 0.6) is 5.75 Å². The molecule has 0 radical (unpaired) electrons. The van der Waals surface area contributed by atoms with Crippen molar-refractivity contribution < 1.29 is 9.53 Å². The maximum Gasteiger partial charge on any atom is 0.267 e. The number of rotatable bonds is 7. The first kappa shape index (κ1) is 23.6. The van der Waals surface area contributed by atoms with Crippen molar-refractivity contribution in [2.24, 2.45) is 0 Å². The highest BCUT2D eigenvalue weighted by atomic mass is 32.2. The maximum atomic E-state index is 13.8. The van der Waals surface area contributed by atoms with E-state index >= 15 is 0 Å². The SMILES string of the molecule is COc1ccc(-n2c(SCC(=O)N(c3ccccc3)C(C)C)nc3sc4c(c3c2=O)CCC4)cc1. The lowest BCUT2D eigenvalue weighted by molar-refractivity contribution is -0.116. The van der Waals surface area contributed by atoms with E-state index in [4.69, 9.17) is 9.72 Å². The summed E-state index contributed by atoms with van der Waals surface area (Å²) in [7, 11) is 1.61. The lowest BCUT2D eigenvalue weighted by atomic mass is 10.2. The average Bonchev–Trinajstić information content (AvgIpc) is 3.44. The Balaban J connectivity index is 1.54. The van der Waals surface area contributed by atoms with Gasteiger partial charge in [-0.3, -0.25) is 14.2 Å². The minimum absolute atomic E-state index is 0.00462. The Bertz CT molecular complexity index is 1430. The van der Waals surface area contributed by atoms with Gasteiger partial charge in [-0.25, -0.2) is 4.98 Å². The third-order valence-electron chi connectivity index (χ3n) is 6.18. The van der Waals surface area contributed by atoms with E-state index in [2.05, 4.69) is 0 Å². The van der Waals surface area contributed by atoms with E-state index in [0.717, 1.165) is 40.7 Å². The molecule has 6 nitrogen and oxygen atoms in total. The minimum Gasteiger partial charge on any atom is -0.497 e. The van der Waals surface area contributed by atoms with Gasteiger partial charge >= 0.3 is 0 Å². The molecule has 0 saturated carbocycles. The van der Waals surface area contributed by atoms with Crippen LogP contribution in [0.15, 0.2) is 64.5 Å². The van der Waals surface area contributed by atoms with Crippen LogP contribution in [0.3, 0.4) is 0 Å². The predicted octanol–water partition coefficient (Wildman–Crippen LogP) is 5.48. The van der Waals surface area contributed by atoms with Crippen LogP contribution in [0.2, 0.25) is 0 Å². The van der Waals surface area contributed by atoms with E-state index in [1.165, 1.54) is 16.6 Å². The number of carbonyl (C=O) groups is 1. The molecule has 4 aromatic rings. The summed E-state index contributed by atoms with van der Waals surface area (Å²) >= 11 is 2.92. The lowest BCUT2D eigenvalue weighted by Gasteiger charge is -2.27. The fourth-order valence-electron chi connectivity index (χ4n) is 4.60. The van der Waals surface area contributed by atoms with Crippen molar-refractivity contribution in [2.45, 2.75) is 44.3 Å². The standard InChI is InChI=1S/C27H27N3O3S2/c1-17(2)29(18-8-5-4-6-9-18)23(31)16-34-27-28-25-24(21-10-7-11-22(21)35-25)26(32)30(27)19-12-14-20(33-3)15-13-19/h4-6,8-9,12-15,17H,7,10-11,16H2,1-3H3. The number of anilines is 1. The molecule has 5 rings (SSSR count). The number of aromatic nitrogens is 2. The second kappa shape index (κ2) is 9.87. The molecule has 2 heterocycles. The van der Waals surface area contributed by atoms with Crippen molar-refractivity contribution in [3.05, 3.63) is 75.4 Å². The third-order valence-corrected chi connectivity index (χ3v) is 8.29. The number of ether oxygens (including phenoxy) is 1. The Morgan fingerprint density at radius 3 is 2.57 bits per heavy atom. The number of hydrogen-bond acceptors (Lipinski definition) is 6. The Labute approximate surface area is 212 Å². The first-order valence-electron chi connectivity index (χ1n) is 11.7. The first-order valence-corrected chi connectivity index (χ1v) is 13.5. The number of para-hydroxylation sites is 1. The van der Waals surface area contributed by atoms with Gasteiger partial charge in [0.2, 0.25) is 5.91 Å². The van der Waals surface area contributed by atoms with Crippen molar-refractivity contribution in [2.75, 3.05) is 17.8 Å². The van der Waals surface area contributed by atoms with Crippen LogP contribution < -0.4 is 15.2 Å². The zero-order valence-corrected chi connectivity index (χ0v) is 21.6. The summed E-state index contributed by atoms with van der Waals surface area (Å²) < 4.78 is 6.94. The fraction of sp³-hybridized carbons (Fsp3) is 0.296. The zero-order valence-electron chi connectivity index (χ0n) is 20.0. The number of methoxy groups -OCH3 is 1. The molecule has 0 saturated heterocycles. The smallest absolute Gasteiger partial charge is 0.267 e. The van der Waals surface area contributed by atoms with Gasteiger partial charge in [0.1, 0.15) is 10.6 Å². The number of benzene rings is 2. The second-order valence-corrected chi connectivity index (χ2v) is 10.8. The van der Waals surface area contributed by atoms with Gasteiger partial charge in [-0.15, -0.1) is 11.3 Å². The fourth-order valence-corrected chi connectivity index (χ4v) is 6.77. The number of thioether (sulfide) groups is 1. The van der Waals surface area contributed by atoms with Crippen molar-refractivity contribution >= 4 is 44.9 Å². The Morgan fingerprint density at radius 1 is 1.14 bits per heavy atom. The van der Waals surface area contributed by atoms with Gasteiger partial charge in [0.05, 0.1) is 23.9 Å². The van der Waals surface area contributed by atoms with Gasteiger partial charge in [-0.05, 0) is 75.1 Å². The molecule has 180 valence electrons. The molecular formula is C27H27N3O3S2. The minimum atomic E-state index is -0.0710. The lowest BCUT2D eigenvalue weighted by Crippen LogP contribution is -2.38. The molecule has 0 fully saturated rings. The monoisotopic (exact) mass is 505 g/mol. The predicted molar refractivity (Wildman–Crippen MR) is 144 cm³/mol. The molecule has 2 aromatic carbocycles. The van der Waals surface area contributed by atoms with Crippen molar-refractivity contribution in [3.63, 3.8) is 0 Å². The number of thiophene rings is 1. The van der Waals surface area contributed by atoms with Crippen LogP contribution in [-0.4, -0.2) is 34.4 Å². The molecule has 0 bridgehead atoms. The summed E-state index contributed by atoms with van der Waals surface area (Å²) in [5.41, 5.74) is 2.64. The van der Waals surface area contributed by atoms with Gasteiger partial charge in [0.15, 0.2) is 5.16 Å². The average molecular weight is 506 g/mol. The zero-order chi connectivity index (χ0) is 24.5. The van der Waals surface area contributed by atoms with Gasteiger partial charge in [-0.1, -0.05) is 30.0 Å². The molecular weight excluding hydrogens is 478 g/mol. The Hall–Kier alpha value is -3.10. The number of fused-ring (bicyclic) bond motifs is 3. The van der Waals surface area contributed by atoms with E-state index in [0.29, 0.717) is 16.6 Å². The normalized spacial score (nSPS) is 12.8. The summed E-state index contributed by atoms with van der Waals surface area (Å²) in [4.78, 5) is 35.9. The van der Waals surface area contributed by atoms with Crippen LogP contribution in [-0.2, 0) is 17.6 Å². The van der Waals surface area contributed by atoms with Crippen LogP contribution in [0.25, 0.3) is 15.9 Å². The van der Waals surface area contributed by atoms with Crippen LogP contribution in [0.1, 0.15) is 30.7 Å². The summed E-state index contributed by atoms with van der Waals surface area (Å²) in [6.45, 7) is 4.00. The molecule has 0 aliphatic heterocycles. The van der Waals surface area contributed by atoms with E-state index < -0.39 is 0 Å². The number of nitrogens with zero attached hydrogens (tertiary/aromatic N) is 3. The molecule has 1 aliphatic rings. The van der Waals surface area contributed by atoms with E-state index in [9.17, 15) is 9.59 Å². The highest BCUT2D eigenvalue weighted by Gasteiger charge is 2.25. The van der Waals surface area contributed by atoms with Gasteiger partial charge in [0, 0.05) is 16.6 Å². The van der Waals surface area contributed by atoms with E-state index in [1.807, 2.05) is 68.4 Å². The molecule has 1 amide bonds. The summed E-state index contributed by atoms with van der Waals surface area (Å²) in [6.07, 6.45) is 2.99. The van der Waals surface area contributed by atoms with Crippen LogP contribution >= 0.6 is 23.1 Å². The number of carbonyl (C=O) groups excluding carboxylic acids is 1. The van der Waals surface area contributed by atoms with E-state index in [1.54, 1.807) is 27.9 Å². The van der Waals surface area contributed by atoms with Crippen molar-refractivity contribution in [3.8, 4) is 11.4 Å².